The van der Waals surface area contributed by atoms with E-state index in [0.29, 0.717) is 5.92 Å². The van der Waals surface area contributed by atoms with Gasteiger partial charge in [0.15, 0.2) is 0 Å². The fraction of sp³-hybridized carbons (Fsp3) is 0.294. The number of hydrogen-bond donors (Lipinski definition) is 0. The molecule has 0 unspecified atom stereocenters. The first kappa shape index (κ1) is 12.1. The Bertz CT molecular complexity index is 654. The third-order valence-electron chi connectivity index (χ3n) is 3.74. The van der Waals surface area contributed by atoms with Crippen LogP contribution in [0.1, 0.15) is 43.5 Å². The molecule has 2 nitrogen and oxygen atoms in total. The summed E-state index contributed by atoms with van der Waals surface area (Å²) in [5.74, 6) is 0.519. The molecule has 2 heteroatoms. The van der Waals surface area contributed by atoms with Crippen LogP contribution in [-0.2, 0) is 6.42 Å². The van der Waals surface area contributed by atoms with Crippen LogP contribution in [0.2, 0.25) is 0 Å². The highest BCUT2D eigenvalue weighted by Gasteiger charge is 2.13. The van der Waals surface area contributed by atoms with Crippen molar-refractivity contribution in [3.8, 4) is 11.3 Å². The van der Waals surface area contributed by atoms with E-state index in [9.17, 15) is 0 Å². The number of pyridine rings is 2. The average molecular weight is 250 g/mol. The van der Waals surface area contributed by atoms with E-state index in [1.807, 2.05) is 12.4 Å². The maximum atomic E-state index is 4.57. The molecule has 0 bridgehead atoms. The van der Waals surface area contributed by atoms with Gasteiger partial charge in [-0.25, -0.2) is 0 Å². The van der Waals surface area contributed by atoms with Crippen LogP contribution < -0.4 is 0 Å². The number of hydrogen-bond acceptors (Lipinski definition) is 2. The van der Waals surface area contributed by atoms with Crippen LogP contribution >= 0.6 is 0 Å². The highest BCUT2D eigenvalue weighted by Crippen LogP contribution is 2.29. The van der Waals surface area contributed by atoms with Crippen molar-refractivity contribution in [1.29, 1.82) is 0 Å². The zero-order valence-corrected chi connectivity index (χ0v) is 11.6. The van der Waals surface area contributed by atoms with Crippen molar-refractivity contribution in [3.63, 3.8) is 0 Å². The Morgan fingerprint density at radius 3 is 2.79 bits per heavy atom. The number of aromatic nitrogens is 2. The van der Waals surface area contributed by atoms with Crippen molar-refractivity contribution in [2.24, 2.45) is 0 Å². The number of fused-ring (bicyclic) bond motifs is 1. The fourth-order valence-electron chi connectivity index (χ4n) is 2.46. The second kappa shape index (κ2) is 4.61. The minimum absolute atomic E-state index is 0.519. The summed E-state index contributed by atoms with van der Waals surface area (Å²) in [6.07, 6.45) is 7.03. The molecule has 0 radical (unpaired) electrons. The van der Waals surface area contributed by atoms with E-state index < -0.39 is 0 Å². The molecule has 3 rings (SSSR count). The van der Waals surface area contributed by atoms with Crippen molar-refractivity contribution in [1.82, 2.24) is 9.97 Å². The summed E-state index contributed by atoms with van der Waals surface area (Å²) < 4.78 is 0. The molecule has 0 N–H and O–H groups in total. The van der Waals surface area contributed by atoms with Gasteiger partial charge in [-0.15, -0.1) is 0 Å². The van der Waals surface area contributed by atoms with Crippen LogP contribution in [0.15, 0.2) is 36.7 Å². The Balaban J connectivity index is 2.05. The normalized spacial score (nSPS) is 13.6. The number of nitrogens with zero attached hydrogens (tertiary/aromatic N) is 2. The van der Waals surface area contributed by atoms with Gasteiger partial charge >= 0.3 is 0 Å². The lowest BCUT2D eigenvalue weighted by molar-refractivity contribution is 0.863. The maximum Gasteiger partial charge on any atom is 0.0720 e. The molecule has 0 amide bonds. The zero-order valence-electron chi connectivity index (χ0n) is 11.6. The van der Waals surface area contributed by atoms with E-state index in [1.54, 1.807) is 0 Å². The first-order chi connectivity index (χ1) is 9.15. The largest absolute Gasteiger partial charge is 0.260 e. The topological polar surface area (TPSA) is 25.8 Å². The van der Waals surface area contributed by atoms with Gasteiger partial charge in [0.25, 0.3) is 0 Å². The first-order valence-electron chi connectivity index (χ1n) is 6.77. The molecule has 2 aromatic rings. The molecule has 0 fully saturated rings. The predicted octanol–water partition coefficient (Wildman–Crippen LogP) is 4.23. The Morgan fingerprint density at radius 2 is 2.00 bits per heavy atom. The summed E-state index contributed by atoms with van der Waals surface area (Å²) in [7, 11) is 0. The highest BCUT2D eigenvalue weighted by atomic mass is 14.7. The number of rotatable bonds is 2. The van der Waals surface area contributed by atoms with E-state index >= 15 is 0 Å². The molecule has 0 atom stereocenters. The van der Waals surface area contributed by atoms with Gasteiger partial charge in [-0.2, -0.15) is 0 Å². The van der Waals surface area contributed by atoms with Gasteiger partial charge < -0.3 is 0 Å². The molecular weight excluding hydrogens is 232 g/mol. The van der Waals surface area contributed by atoms with Crippen molar-refractivity contribution in [2.45, 2.75) is 33.1 Å². The van der Waals surface area contributed by atoms with Crippen molar-refractivity contribution < 1.29 is 0 Å². The van der Waals surface area contributed by atoms with E-state index in [4.69, 9.17) is 0 Å². The Hall–Kier alpha value is -1.96. The molecule has 0 aromatic carbocycles. The molecular formula is C17H18N2. The monoisotopic (exact) mass is 250 g/mol. The molecule has 2 heterocycles. The third kappa shape index (κ3) is 2.19. The standard InChI is InChI=1S/C17H18N2/c1-11(2)13-6-7-18-17(9-13)14-8-15-12(3)4-5-16(15)19-10-14/h4,6-11H,5H2,1-3H3. The average Bonchev–Trinajstić information content (AvgIpc) is 2.80. The molecule has 0 spiro atoms. The lowest BCUT2D eigenvalue weighted by Crippen LogP contribution is -1.94. The number of allylic oxidation sites excluding steroid dienone is 2. The molecule has 96 valence electrons. The van der Waals surface area contributed by atoms with E-state index in [1.165, 1.54) is 22.4 Å². The molecule has 1 aliphatic carbocycles. The molecule has 2 aromatic heterocycles. The van der Waals surface area contributed by atoms with E-state index in [-0.39, 0.29) is 0 Å². The van der Waals surface area contributed by atoms with Gasteiger partial charge in [0.05, 0.1) is 11.4 Å². The summed E-state index contributed by atoms with van der Waals surface area (Å²) in [6.45, 7) is 6.55. The summed E-state index contributed by atoms with van der Waals surface area (Å²) in [5, 5.41) is 0. The lowest BCUT2D eigenvalue weighted by atomic mass is 10.0. The highest BCUT2D eigenvalue weighted by molar-refractivity contribution is 5.74. The summed E-state index contributed by atoms with van der Waals surface area (Å²) in [5.41, 5.74) is 7.22. The SMILES string of the molecule is CC1=CCc2ncc(-c3cc(C(C)C)ccn3)cc21. The van der Waals surface area contributed by atoms with Crippen LogP contribution in [0, 0.1) is 0 Å². The van der Waals surface area contributed by atoms with Crippen LogP contribution in [0.5, 0.6) is 0 Å². The fourth-order valence-corrected chi connectivity index (χ4v) is 2.46. The van der Waals surface area contributed by atoms with E-state index in [2.05, 4.69) is 55.0 Å². The van der Waals surface area contributed by atoms with Gasteiger partial charge in [-0.3, -0.25) is 9.97 Å². The maximum absolute atomic E-state index is 4.57. The van der Waals surface area contributed by atoms with Gasteiger partial charge in [0, 0.05) is 24.4 Å². The Kier molecular flexibility index (Phi) is 2.94. The van der Waals surface area contributed by atoms with Crippen molar-refractivity contribution in [2.75, 3.05) is 0 Å². The molecule has 0 saturated heterocycles. The Labute approximate surface area is 114 Å². The Morgan fingerprint density at radius 1 is 1.16 bits per heavy atom. The molecule has 19 heavy (non-hydrogen) atoms. The molecule has 0 aliphatic heterocycles. The quantitative estimate of drug-likeness (QED) is 0.797. The summed E-state index contributed by atoms with van der Waals surface area (Å²) in [6, 6.07) is 6.47. The molecule has 0 saturated carbocycles. The van der Waals surface area contributed by atoms with Crippen LogP contribution in [-0.4, -0.2) is 9.97 Å². The second-order valence-corrected chi connectivity index (χ2v) is 5.44. The minimum atomic E-state index is 0.519. The first-order valence-corrected chi connectivity index (χ1v) is 6.77. The van der Waals surface area contributed by atoms with E-state index in [0.717, 1.165) is 17.7 Å². The summed E-state index contributed by atoms with van der Waals surface area (Å²) >= 11 is 0. The summed E-state index contributed by atoms with van der Waals surface area (Å²) in [4.78, 5) is 9.05. The predicted molar refractivity (Wildman–Crippen MR) is 78.9 cm³/mol. The van der Waals surface area contributed by atoms with Gasteiger partial charge in [0.2, 0.25) is 0 Å². The lowest BCUT2D eigenvalue weighted by Gasteiger charge is -2.09. The van der Waals surface area contributed by atoms with Crippen LogP contribution in [0.25, 0.3) is 16.8 Å². The minimum Gasteiger partial charge on any atom is -0.260 e. The van der Waals surface area contributed by atoms with Gasteiger partial charge in [-0.1, -0.05) is 19.9 Å². The van der Waals surface area contributed by atoms with Crippen molar-refractivity contribution >= 4 is 5.57 Å². The zero-order chi connectivity index (χ0) is 13.4. The van der Waals surface area contributed by atoms with Crippen LogP contribution in [0.3, 0.4) is 0 Å². The van der Waals surface area contributed by atoms with Crippen LogP contribution in [0.4, 0.5) is 0 Å². The smallest absolute Gasteiger partial charge is 0.0720 e. The third-order valence-corrected chi connectivity index (χ3v) is 3.74. The van der Waals surface area contributed by atoms with Gasteiger partial charge in [-0.05, 0) is 47.7 Å². The van der Waals surface area contributed by atoms with Gasteiger partial charge in [0.1, 0.15) is 0 Å². The molecule has 1 aliphatic rings. The second-order valence-electron chi connectivity index (χ2n) is 5.44. The van der Waals surface area contributed by atoms with Crippen molar-refractivity contribution in [3.05, 3.63) is 53.5 Å².